The van der Waals surface area contributed by atoms with Crippen LogP contribution in [0.4, 0.5) is 4.39 Å². The van der Waals surface area contributed by atoms with Gasteiger partial charge in [-0.1, -0.05) is 0 Å². The second-order valence-corrected chi connectivity index (χ2v) is 5.90. The Bertz CT molecular complexity index is 484. The maximum absolute atomic E-state index is 13.2. The molecule has 0 saturated heterocycles. The summed E-state index contributed by atoms with van der Waals surface area (Å²) in [4.78, 5) is -0.117. The molecule has 0 saturated carbocycles. The van der Waals surface area contributed by atoms with Crippen molar-refractivity contribution >= 4 is 38.4 Å². The summed E-state index contributed by atoms with van der Waals surface area (Å²) >= 11 is 2.95. The Balaban J connectivity index is 0.00000256. The molecule has 0 aliphatic carbocycles. The van der Waals surface area contributed by atoms with Crippen LogP contribution in [0.15, 0.2) is 27.6 Å². The molecule has 1 aromatic carbocycles. The number of benzene rings is 1. The van der Waals surface area contributed by atoms with Crippen LogP contribution in [0.5, 0.6) is 0 Å². The molecular formula is C9H13BrClFN2O2S. The number of hydrogen-bond acceptors (Lipinski definition) is 3. The topological polar surface area (TPSA) is 72.2 Å². The van der Waals surface area contributed by atoms with Crippen molar-refractivity contribution in [2.45, 2.75) is 17.9 Å². The molecule has 8 heteroatoms. The molecule has 4 nitrogen and oxygen atoms in total. The molecule has 1 atom stereocenters. The fourth-order valence-corrected chi connectivity index (χ4v) is 2.54. The van der Waals surface area contributed by atoms with Crippen LogP contribution < -0.4 is 10.5 Å². The molecule has 0 spiro atoms. The van der Waals surface area contributed by atoms with Crippen molar-refractivity contribution in [3.63, 3.8) is 0 Å². The zero-order chi connectivity index (χ0) is 12.3. The van der Waals surface area contributed by atoms with E-state index in [4.69, 9.17) is 5.73 Å². The van der Waals surface area contributed by atoms with Crippen molar-refractivity contribution < 1.29 is 12.8 Å². The van der Waals surface area contributed by atoms with Crippen LogP contribution in [0, 0.1) is 5.82 Å². The van der Waals surface area contributed by atoms with Gasteiger partial charge in [-0.25, -0.2) is 17.5 Å². The van der Waals surface area contributed by atoms with E-state index < -0.39 is 21.9 Å². The number of sulfonamides is 1. The van der Waals surface area contributed by atoms with Gasteiger partial charge in [0.25, 0.3) is 0 Å². The predicted molar refractivity (Wildman–Crippen MR) is 70.2 cm³/mol. The van der Waals surface area contributed by atoms with Gasteiger partial charge in [0.1, 0.15) is 5.82 Å². The van der Waals surface area contributed by atoms with Crippen molar-refractivity contribution in [1.29, 1.82) is 0 Å². The van der Waals surface area contributed by atoms with Crippen LogP contribution in [0.2, 0.25) is 0 Å². The van der Waals surface area contributed by atoms with E-state index in [0.717, 1.165) is 6.07 Å². The molecule has 0 bridgehead atoms. The smallest absolute Gasteiger partial charge is 0.240 e. The number of rotatable bonds is 4. The first-order valence-electron chi connectivity index (χ1n) is 4.54. The van der Waals surface area contributed by atoms with E-state index in [1.54, 1.807) is 6.92 Å². The highest BCUT2D eigenvalue weighted by Gasteiger charge is 2.17. The Labute approximate surface area is 114 Å². The maximum atomic E-state index is 13.2. The molecular weight excluding hydrogens is 335 g/mol. The standard InChI is InChI=1S/C9H12BrFN2O2S.ClH/c1-6(5-12)13-16(14,15)7-2-3-8(10)9(11)4-7;/h2-4,6,13H,5,12H2,1H3;1H/t6-;/m1./s1. The van der Waals surface area contributed by atoms with Crippen LogP contribution in [0.1, 0.15) is 6.92 Å². The number of hydrogen-bond donors (Lipinski definition) is 2. The molecule has 0 heterocycles. The van der Waals surface area contributed by atoms with Gasteiger partial charge in [-0.2, -0.15) is 0 Å². The average molecular weight is 348 g/mol. The maximum Gasteiger partial charge on any atom is 0.240 e. The van der Waals surface area contributed by atoms with Crippen molar-refractivity contribution in [2.75, 3.05) is 6.54 Å². The van der Waals surface area contributed by atoms with E-state index in [1.807, 2.05) is 0 Å². The Hall–Kier alpha value is -0.210. The molecule has 3 N–H and O–H groups in total. The van der Waals surface area contributed by atoms with Crippen LogP contribution in [0.25, 0.3) is 0 Å². The molecule has 1 rings (SSSR count). The minimum Gasteiger partial charge on any atom is -0.329 e. The van der Waals surface area contributed by atoms with E-state index in [1.165, 1.54) is 12.1 Å². The van der Waals surface area contributed by atoms with Crippen LogP contribution in [-0.4, -0.2) is 21.0 Å². The third-order valence-corrected chi connectivity index (χ3v) is 4.14. The second kappa shape index (κ2) is 6.65. The molecule has 1 aromatic rings. The number of nitrogens with two attached hydrogens (primary N) is 1. The predicted octanol–water partition coefficient (Wildman–Crippen LogP) is 1.64. The van der Waals surface area contributed by atoms with E-state index in [9.17, 15) is 12.8 Å². The lowest BCUT2D eigenvalue weighted by Crippen LogP contribution is -2.37. The molecule has 0 aromatic heterocycles. The molecule has 0 aliphatic heterocycles. The Morgan fingerprint density at radius 3 is 2.59 bits per heavy atom. The minimum atomic E-state index is -3.70. The SMILES string of the molecule is C[C@H](CN)NS(=O)(=O)c1ccc(Br)c(F)c1.Cl. The third-order valence-electron chi connectivity index (χ3n) is 1.91. The number of nitrogens with one attached hydrogen (secondary N) is 1. The summed E-state index contributed by atoms with van der Waals surface area (Å²) in [5, 5.41) is 0. The van der Waals surface area contributed by atoms with Gasteiger partial charge in [-0.15, -0.1) is 12.4 Å². The lowest BCUT2D eigenvalue weighted by atomic mass is 10.3. The molecule has 17 heavy (non-hydrogen) atoms. The van der Waals surface area contributed by atoms with E-state index in [0.29, 0.717) is 0 Å². The zero-order valence-corrected chi connectivity index (χ0v) is 12.2. The largest absolute Gasteiger partial charge is 0.329 e. The van der Waals surface area contributed by atoms with Gasteiger partial charge in [0.15, 0.2) is 0 Å². The van der Waals surface area contributed by atoms with Crippen molar-refractivity contribution in [1.82, 2.24) is 4.72 Å². The fraction of sp³-hybridized carbons (Fsp3) is 0.333. The summed E-state index contributed by atoms with van der Waals surface area (Å²) in [6.07, 6.45) is 0. The lowest BCUT2D eigenvalue weighted by molar-refractivity contribution is 0.559. The van der Waals surface area contributed by atoms with Gasteiger partial charge in [-0.3, -0.25) is 0 Å². The van der Waals surface area contributed by atoms with E-state index in [-0.39, 0.29) is 28.3 Å². The Morgan fingerprint density at radius 2 is 2.12 bits per heavy atom. The summed E-state index contributed by atoms with van der Waals surface area (Å²) in [6.45, 7) is 1.81. The fourth-order valence-electron chi connectivity index (χ4n) is 1.03. The molecule has 98 valence electrons. The molecule has 0 fully saturated rings. The monoisotopic (exact) mass is 346 g/mol. The van der Waals surface area contributed by atoms with Crippen LogP contribution >= 0.6 is 28.3 Å². The highest BCUT2D eigenvalue weighted by molar-refractivity contribution is 9.10. The second-order valence-electron chi connectivity index (χ2n) is 3.33. The van der Waals surface area contributed by atoms with E-state index >= 15 is 0 Å². The van der Waals surface area contributed by atoms with Gasteiger partial charge in [0.2, 0.25) is 10.0 Å². The van der Waals surface area contributed by atoms with Crippen molar-refractivity contribution in [3.05, 3.63) is 28.5 Å². The van der Waals surface area contributed by atoms with Crippen molar-refractivity contribution in [2.24, 2.45) is 5.73 Å². The third kappa shape index (κ3) is 4.51. The first kappa shape index (κ1) is 16.8. The molecule has 0 amide bonds. The minimum absolute atomic E-state index is 0. The quantitative estimate of drug-likeness (QED) is 0.869. The summed E-state index contributed by atoms with van der Waals surface area (Å²) < 4.78 is 39.2. The highest BCUT2D eigenvalue weighted by atomic mass is 79.9. The molecule has 0 aliphatic rings. The summed E-state index contributed by atoms with van der Waals surface area (Å²) in [5.74, 6) is -0.622. The van der Waals surface area contributed by atoms with Crippen LogP contribution in [-0.2, 0) is 10.0 Å². The summed E-state index contributed by atoms with van der Waals surface area (Å²) in [6, 6.07) is 3.22. The summed E-state index contributed by atoms with van der Waals surface area (Å²) in [7, 11) is -3.70. The Morgan fingerprint density at radius 1 is 1.53 bits per heavy atom. The first-order chi connectivity index (χ1) is 7.36. The van der Waals surface area contributed by atoms with Gasteiger partial charge in [0, 0.05) is 12.6 Å². The van der Waals surface area contributed by atoms with Gasteiger partial charge in [0.05, 0.1) is 9.37 Å². The van der Waals surface area contributed by atoms with E-state index in [2.05, 4.69) is 20.7 Å². The van der Waals surface area contributed by atoms with Gasteiger partial charge in [-0.05, 0) is 41.1 Å². The molecule has 0 unspecified atom stereocenters. The number of halogens is 3. The first-order valence-corrected chi connectivity index (χ1v) is 6.82. The van der Waals surface area contributed by atoms with Gasteiger partial charge >= 0.3 is 0 Å². The van der Waals surface area contributed by atoms with Crippen LogP contribution in [0.3, 0.4) is 0 Å². The van der Waals surface area contributed by atoms with Gasteiger partial charge < -0.3 is 5.73 Å². The average Bonchev–Trinajstić information content (AvgIpc) is 2.21. The normalized spacial score (nSPS) is 12.9. The molecule has 0 radical (unpaired) electrons. The zero-order valence-electron chi connectivity index (χ0n) is 8.98. The van der Waals surface area contributed by atoms with Crippen molar-refractivity contribution in [3.8, 4) is 0 Å². The Kier molecular flexibility index (Phi) is 6.57. The lowest BCUT2D eigenvalue weighted by Gasteiger charge is -2.12. The summed E-state index contributed by atoms with van der Waals surface area (Å²) in [5.41, 5.74) is 5.30. The highest BCUT2D eigenvalue weighted by Crippen LogP contribution is 2.19.